The molecule has 210 valence electrons. The van der Waals surface area contributed by atoms with E-state index in [1.807, 2.05) is 11.8 Å². The van der Waals surface area contributed by atoms with Gasteiger partial charge in [-0.25, -0.2) is 0 Å². The van der Waals surface area contributed by atoms with Gasteiger partial charge in [-0.05, 0) is 53.8 Å². The van der Waals surface area contributed by atoms with Gasteiger partial charge in [0.1, 0.15) is 12.0 Å². The minimum Gasteiger partial charge on any atom is -0.506 e. The number of guanidine groups is 1. The summed E-state index contributed by atoms with van der Waals surface area (Å²) in [6.45, 7) is 4.72. The van der Waals surface area contributed by atoms with Crippen LogP contribution in [0.4, 0.5) is 0 Å². The Morgan fingerprint density at radius 2 is 1.85 bits per heavy atom. The second kappa shape index (κ2) is 17.3. The Labute approximate surface area is 240 Å². The highest BCUT2D eigenvalue weighted by atomic mass is 35.5. The molecule has 1 aliphatic heterocycles. The molecule has 0 spiro atoms. The number of carbonyl (C=O) groups excluding carboxylic acids is 2. The number of benzene rings is 3. The third-order valence-corrected chi connectivity index (χ3v) is 6.43. The summed E-state index contributed by atoms with van der Waals surface area (Å²) in [6.07, 6.45) is 3.93. The van der Waals surface area contributed by atoms with E-state index in [-0.39, 0.29) is 28.7 Å². The molecule has 0 radical (unpaired) electrons. The number of nitrogens with one attached hydrogen (secondary N) is 1. The van der Waals surface area contributed by atoms with Gasteiger partial charge in [0.05, 0.1) is 11.1 Å². The fraction of sp³-hybridized carbons (Fsp3) is 0.345. The summed E-state index contributed by atoms with van der Waals surface area (Å²) in [7, 11) is 0. The number of phenolic OH excluding ortho intramolecular Hbond substituents is 1. The van der Waals surface area contributed by atoms with Crippen LogP contribution in [0.25, 0.3) is 10.8 Å². The molecule has 1 heterocycles. The molecule has 1 saturated heterocycles. The zero-order valence-corrected chi connectivity index (χ0v) is 23.7. The molecule has 0 saturated carbocycles. The van der Waals surface area contributed by atoms with Crippen molar-refractivity contribution in [2.75, 3.05) is 26.2 Å². The molecule has 1 unspecified atom stereocenters. The fourth-order valence-electron chi connectivity index (χ4n) is 3.88. The Hall–Kier alpha value is -3.33. The van der Waals surface area contributed by atoms with E-state index in [2.05, 4.69) is 52.8 Å². The molecule has 1 atom stereocenters. The number of hydrogen-bond donors (Lipinski definition) is 4. The first-order chi connectivity index (χ1) is 18.7. The summed E-state index contributed by atoms with van der Waals surface area (Å²) in [5.41, 5.74) is 11.9. The zero-order chi connectivity index (χ0) is 28.6. The van der Waals surface area contributed by atoms with Gasteiger partial charge in [0.2, 0.25) is 5.91 Å². The van der Waals surface area contributed by atoms with Crippen LogP contribution in [0, 0.1) is 0 Å². The van der Waals surface area contributed by atoms with Crippen molar-refractivity contribution >= 4 is 52.1 Å². The summed E-state index contributed by atoms with van der Waals surface area (Å²) in [5, 5.41) is 15.5. The summed E-state index contributed by atoms with van der Waals surface area (Å²) in [4.78, 5) is 27.8. The molecular formula is C29H37Cl2N5O3. The summed E-state index contributed by atoms with van der Waals surface area (Å²) < 4.78 is 0. The minimum atomic E-state index is -0.130. The van der Waals surface area contributed by atoms with Crippen LogP contribution in [0.15, 0.2) is 65.7 Å². The van der Waals surface area contributed by atoms with E-state index < -0.39 is 0 Å². The van der Waals surface area contributed by atoms with Crippen molar-refractivity contribution in [2.45, 2.75) is 38.6 Å². The number of carbonyl (C=O) groups is 2. The second-order valence-corrected chi connectivity index (χ2v) is 9.73. The quantitative estimate of drug-likeness (QED) is 0.135. The summed E-state index contributed by atoms with van der Waals surface area (Å²) >= 11 is 11.0. The number of nitrogens with two attached hydrogens (primary N) is 2. The Bertz CT molecular complexity index is 1230. The van der Waals surface area contributed by atoms with Gasteiger partial charge >= 0.3 is 0 Å². The van der Waals surface area contributed by atoms with E-state index in [1.165, 1.54) is 28.5 Å². The van der Waals surface area contributed by atoms with Crippen LogP contribution in [0.1, 0.15) is 31.7 Å². The highest BCUT2D eigenvalue weighted by Gasteiger charge is 2.27. The SMILES string of the molecule is CCC=O.NC(N)=NCCCC1NCCN(CCc2ccc3ccccc3c2)C1=O.Oc1ccc(Cl)cc1Cl. The number of amides is 1. The maximum absolute atomic E-state index is 12.7. The second-order valence-electron chi connectivity index (χ2n) is 8.88. The number of rotatable bonds is 8. The molecule has 1 fully saturated rings. The summed E-state index contributed by atoms with van der Waals surface area (Å²) in [6, 6.07) is 19.2. The van der Waals surface area contributed by atoms with Crippen LogP contribution in [-0.2, 0) is 16.0 Å². The number of hydrogen-bond acceptors (Lipinski definition) is 5. The van der Waals surface area contributed by atoms with Gasteiger partial charge in [-0.1, -0.05) is 72.6 Å². The normalized spacial score (nSPS) is 14.5. The average molecular weight is 575 g/mol. The number of aliphatic imine (C=N–C) groups is 1. The Balaban J connectivity index is 0.000000339. The van der Waals surface area contributed by atoms with Crippen molar-refractivity contribution in [1.82, 2.24) is 10.2 Å². The number of aldehydes is 1. The summed E-state index contributed by atoms with van der Waals surface area (Å²) in [5.74, 6) is 0.341. The molecule has 0 aliphatic carbocycles. The molecule has 1 amide bonds. The monoisotopic (exact) mass is 573 g/mol. The Morgan fingerprint density at radius 1 is 1.13 bits per heavy atom. The zero-order valence-electron chi connectivity index (χ0n) is 22.2. The maximum Gasteiger partial charge on any atom is 0.239 e. The standard InChI is InChI=1S/C20H27N5O.C6H4Cl2O.C3H6O/c21-20(22)24-10-3-6-18-19(26)25(13-11-23-18)12-9-15-7-8-16-4-1-2-5-17(16)14-15;7-4-1-2-6(9)5(8)3-4;1-2-3-4/h1-2,4-5,7-8,14,18,23H,3,6,9-13H2,(H4,21,22,24);1-3,9H;3H,2H2,1H3. The van der Waals surface area contributed by atoms with Crippen LogP contribution in [0.5, 0.6) is 5.75 Å². The molecule has 8 nitrogen and oxygen atoms in total. The van der Waals surface area contributed by atoms with E-state index in [9.17, 15) is 9.59 Å². The van der Waals surface area contributed by atoms with Gasteiger partial charge in [0.25, 0.3) is 0 Å². The van der Waals surface area contributed by atoms with Crippen LogP contribution < -0.4 is 16.8 Å². The number of piperazine rings is 1. The van der Waals surface area contributed by atoms with Gasteiger partial charge in [-0.3, -0.25) is 9.79 Å². The highest BCUT2D eigenvalue weighted by molar-refractivity contribution is 6.35. The van der Waals surface area contributed by atoms with Crippen molar-refractivity contribution in [3.63, 3.8) is 0 Å². The molecule has 0 bridgehead atoms. The largest absolute Gasteiger partial charge is 0.506 e. The van der Waals surface area contributed by atoms with Gasteiger partial charge in [0, 0.05) is 37.6 Å². The van der Waals surface area contributed by atoms with Crippen LogP contribution >= 0.6 is 23.2 Å². The molecule has 1 aliphatic rings. The van der Waals surface area contributed by atoms with E-state index in [4.69, 9.17) is 39.8 Å². The van der Waals surface area contributed by atoms with Gasteiger partial charge in [0.15, 0.2) is 5.96 Å². The molecule has 6 N–H and O–H groups in total. The Kier molecular flexibility index (Phi) is 14.1. The first kappa shape index (κ1) is 31.9. The number of phenols is 1. The third-order valence-electron chi connectivity index (χ3n) is 5.89. The van der Waals surface area contributed by atoms with Crippen LogP contribution in [-0.4, -0.2) is 60.4 Å². The molecule has 4 rings (SSSR count). The lowest BCUT2D eigenvalue weighted by Crippen LogP contribution is -2.55. The molecule has 39 heavy (non-hydrogen) atoms. The molecule has 3 aromatic carbocycles. The molecule has 0 aromatic heterocycles. The minimum absolute atomic E-state index is 0.0565. The first-order valence-electron chi connectivity index (χ1n) is 12.9. The van der Waals surface area contributed by atoms with E-state index >= 15 is 0 Å². The molecule has 10 heteroatoms. The predicted molar refractivity (Wildman–Crippen MR) is 160 cm³/mol. The van der Waals surface area contributed by atoms with Crippen molar-refractivity contribution in [2.24, 2.45) is 16.5 Å². The fourth-order valence-corrected chi connectivity index (χ4v) is 4.29. The number of halogens is 2. The number of fused-ring (bicyclic) bond motifs is 1. The maximum atomic E-state index is 12.7. The Morgan fingerprint density at radius 3 is 2.49 bits per heavy atom. The van der Waals surface area contributed by atoms with Crippen molar-refractivity contribution in [3.05, 3.63) is 76.3 Å². The van der Waals surface area contributed by atoms with Crippen LogP contribution in [0.2, 0.25) is 10.0 Å². The van der Waals surface area contributed by atoms with Crippen molar-refractivity contribution in [1.29, 1.82) is 0 Å². The molecule has 3 aromatic rings. The topological polar surface area (TPSA) is 134 Å². The number of aromatic hydroxyl groups is 1. The lowest BCUT2D eigenvalue weighted by Gasteiger charge is -2.33. The van der Waals surface area contributed by atoms with E-state index in [0.29, 0.717) is 18.0 Å². The smallest absolute Gasteiger partial charge is 0.239 e. The van der Waals surface area contributed by atoms with E-state index in [0.717, 1.165) is 45.2 Å². The third kappa shape index (κ3) is 11.5. The number of nitrogens with zero attached hydrogens (tertiary/aromatic N) is 2. The lowest BCUT2D eigenvalue weighted by molar-refractivity contribution is -0.135. The van der Waals surface area contributed by atoms with Crippen LogP contribution in [0.3, 0.4) is 0 Å². The average Bonchev–Trinajstić information content (AvgIpc) is 2.93. The lowest BCUT2D eigenvalue weighted by atomic mass is 10.0. The molecular weight excluding hydrogens is 537 g/mol. The van der Waals surface area contributed by atoms with Crippen molar-refractivity contribution < 1.29 is 14.7 Å². The predicted octanol–water partition coefficient (Wildman–Crippen LogP) is 4.53. The van der Waals surface area contributed by atoms with Gasteiger partial charge < -0.3 is 31.6 Å². The van der Waals surface area contributed by atoms with E-state index in [1.54, 1.807) is 6.07 Å². The highest BCUT2D eigenvalue weighted by Crippen LogP contribution is 2.25. The van der Waals surface area contributed by atoms with Crippen molar-refractivity contribution in [3.8, 4) is 5.75 Å². The van der Waals surface area contributed by atoms with Gasteiger partial charge in [-0.15, -0.1) is 0 Å². The van der Waals surface area contributed by atoms with Gasteiger partial charge in [-0.2, -0.15) is 0 Å². The first-order valence-corrected chi connectivity index (χ1v) is 13.6.